The molecule has 15 heavy (non-hydrogen) atoms. The number of hydrogen-bond donors (Lipinski definition) is 0. The van der Waals surface area contributed by atoms with E-state index in [9.17, 15) is 14.4 Å². The summed E-state index contributed by atoms with van der Waals surface area (Å²) in [5, 5.41) is 0. The molecule has 0 heterocycles. The van der Waals surface area contributed by atoms with Crippen molar-refractivity contribution >= 4 is 17.3 Å². The SMILES string of the molecule is CC(=O)C(C)=O.CCCCCCC(C)=O. The zero-order chi connectivity index (χ0) is 12.3. The van der Waals surface area contributed by atoms with E-state index in [0.29, 0.717) is 5.78 Å². The minimum Gasteiger partial charge on any atom is -0.300 e. The Labute approximate surface area is 92.2 Å². The minimum absolute atomic E-state index is 0.325. The molecule has 0 amide bonds. The first-order valence-corrected chi connectivity index (χ1v) is 5.42. The lowest BCUT2D eigenvalue weighted by Gasteiger charge is -1.93. The van der Waals surface area contributed by atoms with Gasteiger partial charge in [-0.3, -0.25) is 9.59 Å². The Morgan fingerprint density at radius 2 is 1.27 bits per heavy atom. The summed E-state index contributed by atoms with van der Waals surface area (Å²) < 4.78 is 0. The van der Waals surface area contributed by atoms with Crippen LogP contribution in [0.15, 0.2) is 0 Å². The second-order valence-corrected chi connectivity index (χ2v) is 3.63. The molecule has 0 saturated heterocycles. The lowest BCUT2D eigenvalue weighted by atomic mass is 10.1. The minimum atomic E-state index is -0.380. The van der Waals surface area contributed by atoms with Crippen LogP contribution in [-0.4, -0.2) is 17.3 Å². The van der Waals surface area contributed by atoms with Gasteiger partial charge in [0, 0.05) is 20.3 Å². The molecule has 0 rings (SSSR count). The Morgan fingerprint density at radius 1 is 0.800 bits per heavy atom. The van der Waals surface area contributed by atoms with Crippen molar-refractivity contribution in [1.29, 1.82) is 0 Å². The molecule has 3 heteroatoms. The van der Waals surface area contributed by atoms with Crippen LogP contribution < -0.4 is 0 Å². The summed E-state index contributed by atoms with van der Waals surface area (Å²) in [4.78, 5) is 30.0. The Balaban J connectivity index is 0. The third-order valence-corrected chi connectivity index (χ3v) is 1.88. The molecule has 0 fully saturated rings. The fourth-order valence-corrected chi connectivity index (χ4v) is 0.801. The fraction of sp³-hybridized carbons (Fsp3) is 0.750. The van der Waals surface area contributed by atoms with E-state index in [1.165, 1.54) is 33.1 Å². The van der Waals surface area contributed by atoms with Crippen molar-refractivity contribution in [3.63, 3.8) is 0 Å². The average molecular weight is 214 g/mol. The molecule has 3 nitrogen and oxygen atoms in total. The zero-order valence-electron chi connectivity index (χ0n) is 10.3. The van der Waals surface area contributed by atoms with Crippen molar-refractivity contribution in [2.24, 2.45) is 0 Å². The Bertz CT molecular complexity index is 195. The smallest absolute Gasteiger partial charge is 0.195 e. The van der Waals surface area contributed by atoms with E-state index in [-0.39, 0.29) is 11.6 Å². The highest BCUT2D eigenvalue weighted by Gasteiger charge is 1.94. The van der Waals surface area contributed by atoms with E-state index < -0.39 is 0 Å². The topological polar surface area (TPSA) is 51.2 Å². The van der Waals surface area contributed by atoms with Crippen LogP contribution in [0.5, 0.6) is 0 Å². The van der Waals surface area contributed by atoms with Crippen LogP contribution in [0.4, 0.5) is 0 Å². The molecular weight excluding hydrogens is 192 g/mol. The highest BCUT2D eigenvalue weighted by molar-refractivity contribution is 6.35. The van der Waals surface area contributed by atoms with Gasteiger partial charge in [-0.25, -0.2) is 0 Å². The number of Topliss-reactive ketones (excluding diaryl/α,β-unsaturated/α-hetero) is 3. The third-order valence-electron chi connectivity index (χ3n) is 1.88. The van der Waals surface area contributed by atoms with E-state index >= 15 is 0 Å². The summed E-state index contributed by atoms with van der Waals surface area (Å²) in [6, 6.07) is 0. The van der Waals surface area contributed by atoms with E-state index in [1.807, 2.05) is 0 Å². The van der Waals surface area contributed by atoms with Gasteiger partial charge in [-0.15, -0.1) is 0 Å². The molecule has 88 valence electrons. The van der Waals surface area contributed by atoms with E-state index in [2.05, 4.69) is 6.92 Å². The van der Waals surface area contributed by atoms with Gasteiger partial charge < -0.3 is 4.79 Å². The second kappa shape index (κ2) is 11.1. The highest BCUT2D eigenvalue weighted by atomic mass is 16.2. The van der Waals surface area contributed by atoms with E-state index in [0.717, 1.165) is 12.8 Å². The number of unbranched alkanes of at least 4 members (excludes halogenated alkanes) is 3. The van der Waals surface area contributed by atoms with Crippen molar-refractivity contribution in [3.05, 3.63) is 0 Å². The van der Waals surface area contributed by atoms with E-state index in [4.69, 9.17) is 0 Å². The van der Waals surface area contributed by atoms with Crippen LogP contribution in [0.25, 0.3) is 0 Å². The summed E-state index contributed by atoms with van der Waals surface area (Å²) in [5.41, 5.74) is 0. The van der Waals surface area contributed by atoms with Crippen LogP contribution in [0.1, 0.15) is 59.8 Å². The van der Waals surface area contributed by atoms with Crippen LogP contribution in [-0.2, 0) is 14.4 Å². The zero-order valence-corrected chi connectivity index (χ0v) is 10.3. The van der Waals surface area contributed by atoms with Gasteiger partial charge in [0.05, 0.1) is 0 Å². The monoisotopic (exact) mass is 214 g/mol. The molecule has 0 aliphatic heterocycles. The third kappa shape index (κ3) is 19.4. The number of carbonyl (C=O) groups excluding carboxylic acids is 3. The van der Waals surface area contributed by atoms with Gasteiger partial charge in [0.2, 0.25) is 0 Å². The molecule has 0 bridgehead atoms. The lowest BCUT2D eigenvalue weighted by Crippen LogP contribution is -2.01. The molecule has 0 aromatic heterocycles. The van der Waals surface area contributed by atoms with Crippen LogP contribution in [0, 0.1) is 0 Å². The van der Waals surface area contributed by atoms with Crippen LogP contribution >= 0.6 is 0 Å². The molecule has 0 unspecified atom stereocenters. The molecule has 0 radical (unpaired) electrons. The summed E-state index contributed by atoms with van der Waals surface area (Å²) in [6.45, 7) is 6.34. The summed E-state index contributed by atoms with van der Waals surface area (Å²) in [7, 11) is 0. The predicted molar refractivity (Wildman–Crippen MR) is 60.8 cm³/mol. The molecular formula is C12H22O3. The van der Waals surface area contributed by atoms with Gasteiger partial charge >= 0.3 is 0 Å². The molecule has 0 aromatic carbocycles. The maximum Gasteiger partial charge on any atom is 0.195 e. The fourth-order valence-electron chi connectivity index (χ4n) is 0.801. The van der Waals surface area contributed by atoms with Gasteiger partial charge in [0.1, 0.15) is 5.78 Å². The van der Waals surface area contributed by atoms with Crippen LogP contribution in [0.3, 0.4) is 0 Å². The normalized spacial score (nSPS) is 8.80. The molecule has 0 spiro atoms. The summed E-state index contributed by atoms with van der Waals surface area (Å²) >= 11 is 0. The van der Waals surface area contributed by atoms with Crippen molar-refractivity contribution in [2.45, 2.75) is 59.8 Å². The first-order valence-electron chi connectivity index (χ1n) is 5.42. The number of ketones is 3. The van der Waals surface area contributed by atoms with Gasteiger partial charge in [0.15, 0.2) is 11.6 Å². The average Bonchev–Trinajstić information content (AvgIpc) is 2.13. The van der Waals surface area contributed by atoms with Crippen molar-refractivity contribution in [2.75, 3.05) is 0 Å². The van der Waals surface area contributed by atoms with Crippen LogP contribution in [0.2, 0.25) is 0 Å². The standard InChI is InChI=1S/C8H16O.C4H6O2/c1-3-4-5-6-7-8(2)9;1-3(5)4(2)6/h3-7H2,1-2H3;1-2H3. The van der Waals surface area contributed by atoms with Gasteiger partial charge in [-0.1, -0.05) is 26.2 Å². The molecule has 0 aromatic rings. The molecule has 0 aliphatic carbocycles. The number of hydrogen-bond acceptors (Lipinski definition) is 3. The van der Waals surface area contributed by atoms with Gasteiger partial charge in [0.25, 0.3) is 0 Å². The highest BCUT2D eigenvalue weighted by Crippen LogP contribution is 2.01. The second-order valence-electron chi connectivity index (χ2n) is 3.63. The Morgan fingerprint density at radius 3 is 1.53 bits per heavy atom. The summed E-state index contributed by atoms with van der Waals surface area (Å²) in [6.07, 6.45) is 5.60. The maximum atomic E-state index is 10.4. The van der Waals surface area contributed by atoms with E-state index in [1.54, 1.807) is 6.92 Å². The Hall–Kier alpha value is -0.990. The number of carbonyl (C=O) groups is 3. The molecule has 0 N–H and O–H groups in total. The van der Waals surface area contributed by atoms with Gasteiger partial charge in [-0.05, 0) is 13.3 Å². The largest absolute Gasteiger partial charge is 0.300 e. The first kappa shape index (κ1) is 16.4. The number of rotatable bonds is 6. The molecule has 0 saturated carbocycles. The molecule has 0 aliphatic rings. The van der Waals surface area contributed by atoms with Crippen molar-refractivity contribution < 1.29 is 14.4 Å². The summed E-state index contributed by atoms with van der Waals surface area (Å²) in [5.74, 6) is -0.434. The van der Waals surface area contributed by atoms with Crippen molar-refractivity contribution in [3.8, 4) is 0 Å². The molecule has 0 atom stereocenters. The quantitative estimate of drug-likeness (QED) is 0.504. The van der Waals surface area contributed by atoms with Gasteiger partial charge in [-0.2, -0.15) is 0 Å². The maximum absolute atomic E-state index is 10.4. The lowest BCUT2D eigenvalue weighted by molar-refractivity contribution is -0.134. The van der Waals surface area contributed by atoms with Crippen molar-refractivity contribution in [1.82, 2.24) is 0 Å². The Kier molecular flexibility index (Phi) is 12.2. The first-order chi connectivity index (χ1) is 6.91. The predicted octanol–water partition coefficient (Wildman–Crippen LogP) is 2.71.